The van der Waals surface area contributed by atoms with Crippen molar-refractivity contribution >= 4 is 7.85 Å². The molecule has 0 aromatic rings. The molecule has 2 atom stereocenters. The molecule has 1 aliphatic rings. The zero-order valence-corrected chi connectivity index (χ0v) is 15.7. The summed E-state index contributed by atoms with van der Waals surface area (Å²) in [5.41, 5.74) is 4.73. The molecular formula is C19H34BN3O2. The highest BCUT2D eigenvalue weighted by atomic mass is 16.3. The first-order chi connectivity index (χ1) is 12.0. The molecule has 1 aliphatic heterocycles. The predicted octanol–water partition coefficient (Wildman–Crippen LogP) is 2.27. The molecule has 1 rings (SSSR count). The van der Waals surface area contributed by atoms with Crippen molar-refractivity contribution in [3.8, 4) is 12.3 Å². The van der Waals surface area contributed by atoms with Crippen LogP contribution in [-0.2, 0) is 0 Å². The molecule has 0 unspecified atom stereocenters. The minimum Gasteiger partial charge on any atom is -0.395 e. The van der Waals surface area contributed by atoms with E-state index in [-0.39, 0.29) is 12.3 Å². The van der Waals surface area contributed by atoms with Gasteiger partial charge < -0.3 is 15.9 Å². The first kappa shape index (κ1) is 21.9. The van der Waals surface area contributed by atoms with Gasteiger partial charge in [0.15, 0.2) is 5.66 Å². The Balaban J connectivity index is 1.93. The van der Waals surface area contributed by atoms with Crippen molar-refractivity contribution in [2.75, 3.05) is 6.61 Å². The smallest absolute Gasteiger partial charge is 0.191 e. The molecule has 0 aliphatic carbocycles. The molecule has 5 nitrogen and oxygen atoms in total. The van der Waals surface area contributed by atoms with Crippen LogP contribution in [0.3, 0.4) is 0 Å². The van der Waals surface area contributed by atoms with Gasteiger partial charge in [-0.3, -0.25) is 0 Å². The number of nitrogens with two attached hydrogens (primary N) is 1. The summed E-state index contributed by atoms with van der Waals surface area (Å²) in [6, 6.07) is 0. The van der Waals surface area contributed by atoms with Crippen molar-refractivity contribution in [1.82, 2.24) is 0 Å². The summed E-state index contributed by atoms with van der Waals surface area (Å²) in [5.74, 6) is 2.67. The Labute approximate surface area is 153 Å². The molecule has 0 saturated carbocycles. The molecule has 0 aromatic carbocycles. The predicted molar refractivity (Wildman–Crippen MR) is 105 cm³/mol. The molecule has 4 N–H and O–H groups in total. The van der Waals surface area contributed by atoms with Gasteiger partial charge in [-0.25, -0.2) is 0 Å². The van der Waals surface area contributed by atoms with Crippen LogP contribution in [0.1, 0.15) is 70.6 Å². The highest BCUT2D eigenvalue weighted by Gasteiger charge is 2.38. The first-order valence-electron chi connectivity index (χ1n) is 9.58. The van der Waals surface area contributed by atoms with Gasteiger partial charge in [-0.2, -0.15) is 10.2 Å². The van der Waals surface area contributed by atoms with Crippen LogP contribution in [0.25, 0.3) is 0 Å². The number of allylic oxidation sites excluding steroid dienone is 1. The SMILES string of the molecule is B[C@](N)(CO)[C@H](O)/C=C/CCCCCCCCC1(CCCC#C)N=N1. The van der Waals surface area contributed by atoms with Crippen molar-refractivity contribution in [3.05, 3.63) is 12.2 Å². The second kappa shape index (κ2) is 11.5. The molecule has 0 aromatic heterocycles. The van der Waals surface area contributed by atoms with Gasteiger partial charge in [0.1, 0.15) is 7.85 Å². The highest BCUT2D eigenvalue weighted by Crippen LogP contribution is 2.38. The van der Waals surface area contributed by atoms with E-state index < -0.39 is 11.5 Å². The van der Waals surface area contributed by atoms with Crippen molar-refractivity contribution in [2.24, 2.45) is 16.0 Å². The maximum absolute atomic E-state index is 9.82. The normalized spacial score (nSPS) is 18.8. The van der Waals surface area contributed by atoms with E-state index in [1.54, 1.807) is 13.9 Å². The topological polar surface area (TPSA) is 91.2 Å². The van der Waals surface area contributed by atoms with Gasteiger partial charge >= 0.3 is 0 Å². The Morgan fingerprint density at radius 3 is 2.32 bits per heavy atom. The van der Waals surface area contributed by atoms with E-state index in [1.807, 2.05) is 6.08 Å². The lowest BCUT2D eigenvalue weighted by atomic mass is 9.74. The minimum atomic E-state index is -0.963. The molecule has 0 spiro atoms. The fraction of sp³-hybridized carbons (Fsp3) is 0.789. The average molecular weight is 347 g/mol. The zero-order chi connectivity index (χ0) is 18.6. The van der Waals surface area contributed by atoms with Crippen molar-refractivity contribution < 1.29 is 10.2 Å². The van der Waals surface area contributed by atoms with Crippen LogP contribution in [0.2, 0.25) is 0 Å². The Morgan fingerprint density at radius 1 is 1.12 bits per heavy atom. The highest BCUT2D eigenvalue weighted by molar-refractivity contribution is 6.16. The van der Waals surface area contributed by atoms with E-state index in [9.17, 15) is 5.11 Å². The number of aliphatic hydroxyl groups excluding tert-OH is 2. The minimum absolute atomic E-state index is 0.0749. The molecule has 25 heavy (non-hydrogen) atoms. The maximum Gasteiger partial charge on any atom is 0.191 e. The van der Waals surface area contributed by atoms with Crippen molar-refractivity contribution in [1.29, 1.82) is 0 Å². The van der Waals surface area contributed by atoms with Gasteiger partial charge in [-0.1, -0.05) is 37.8 Å². The Morgan fingerprint density at radius 2 is 1.72 bits per heavy atom. The molecule has 0 bridgehead atoms. The van der Waals surface area contributed by atoms with E-state index in [1.165, 1.54) is 32.1 Å². The summed E-state index contributed by atoms with van der Waals surface area (Å²) in [4.78, 5) is 0. The summed E-state index contributed by atoms with van der Waals surface area (Å²) in [6.45, 7) is -0.232. The van der Waals surface area contributed by atoms with Crippen LogP contribution in [0.5, 0.6) is 0 Å². The molecule has 0 amide bonds. The molecule has 0 fully saturated rings. The second-order valence-corrected chi connectivity index (χ2v) is 7.44. The summed E-state index contributed by atoms with van der Waals surface area (Å²) in [6.07, 6.45) is 20.2. The van der Waals surface area contributed by atoms with Gasteiger partial charge in [0.05, 0.1) is 12.7 Å². The summed E-state index contributed by atoms with van der Waals surface area (Å²) in [7, 11) is 1.64. The quantitative estimate of drug-likeness (QED) is 0.184. The summed E-state index contributed by atoms with van der Waals surface area (Å²) < 4.78 is 0. The van der Waals surface area contributed by atoms with E-state index in [2.05, 4.69) is 16.1 Å². The van der Waals surface area contributed by atoms with Gasteiger partial charge in [0.2, 0.25) is 0 Å². The second-order valence-electron chi connectivity index (χ2n) is 7.44. The zero-order valence-electron chi connectivity index (χ0n) is 15.7. The summed E-state index contributed by atoms with van der Waals surface area (Å²) in [5, 5.41) is 27.3. The Kier molecular flexibility index (Phi) is 10.0. The van der Waals surface area contributed by atoms with Gasteiger partial charge in [0.25, 0.3) is 0 Å². The van der Waals surface area contributed by atoms with Gasteiger partial charge in [-0.05, 0) is 38.5 Å². The maximum atomic E-state index is 9.82. The van der Waals surface area contributed by atoms with Crippen molar-refractivity contribution in [3.63, 3.8) is 0 Å². The fourth-order valence-corrected chi connectivity index (χ4v) is 2.79. The third-order valence-electron chi connectivity index (χ3n) is 4.81. The fourth-order valence-electron chi connectivity index (χ4n) is 2.79. The molecule has 1 heterocycles. The van der Waals surface area contributed by atoms with E-state index in [4.69, 9.17) is 17.3 Å². The number of unbranched alkanes of at least 4 members (excludes halogenated alkanes) is 7. The van der Waals surface area contributed by atoms with Crippen LogP contribution in [-0.4, -0.2) is 41.9 Å². The number of rotatable bonds is 15. The monoisotopic (exact) mass is 347 g/mol. The Bertz CT molecular complexity index is 466. The number of hydrogen-bond acceptors (Lipinski definition) is 5. The Hall–Kier alpha value is -1.16. The van der Waals surface area contributed by atoms with E-state index >= 15 is 0 Å². The number of aliphatic hydroxyl groups is 2. The third-order valence-corrected chi connectivity index (χ3v) is 4.81. The first-order valence-corrected chi connectivity index (χ1v) is 9.58. The van der Waals surface area contributed by atoms with Crippen LogP contribution in [0, 0.1) is 12.3 Å². The molecular weight excluding hydrogens is 313 g/mol. The molecule has 140 valence electrons. The van der Waals surface area contributed by atoms with Gasteiger partial charge in [0, 0.05) is 11.9 Å². The molecule has 0 radical (unpaired) electrons. The van der Waals surface area contributed by atoms with Crippen LogP contribution in [0.15, 0.2) is 22.4 Å². The summed E-state index contributed by atoms with van der Waals surface area (Å²) >= 11 is 0. The number of hydrogen-bond donors (Lipinski definition) is 3. The number of nitrogens with zero attached hydrogens (tertiary/aromatic N) is 2. The third kappa shape index (κ3) is 9.20. The lowest BCUT2D eigenvalue weighted by Gasteiger charge is -2.25. The van der Waals surface area contributed by atoms with Crippen LogP contribution >= 0.6 is 0 Å². The van der Waals surface area contributed by atoms with Crippen LogP contribution in [0.4, 0.5) is 0 Å². The van der Waals surface area contributed by atoms with Crippen LogP contribution < -0.4 is 5.73 Å². The van der Waals surface area contributed by atoms with Gasteiger partial charge in [-0.15, -0.1) is 12.3 Å². The lowest BCUT2D eigenvalue weighted by Crippen LogP contribution is -2.53. The lowest BCUT2D eigenvalue weighted by molar-refractivity contribution is 0.121. The van der Waals surface area contributed by atoms with E-state index in [0.717, 1.165) is 38.5 Å². The average Bonchev–Trinajstić information content (AvgIpc) is 3.36. The molecule has 6 heteroatoms. The number of terminal acetylenes is 1. The van der Waals surface area contributed by atoms with Crippen molar-refractivity contribution in [2.45, 2.75) is 87.8 Å². The largest absolute Gasteiger partial charge is 0.395 e. The standard InChI is InChI=1S/C19H34BN3O2/c1-2-3-11-14-18(22-23-18)15-12-9-7-5-4-6-8-10-13-17(25)19(20,21)16-24/h1,10,13,17,24-25H,3-9,11-12,14-16,20-21H2/b13-10+/t17-,19+/m1/s1. The molecule has 0 saturated heterocycles. The van der Waals surface area contributed by atoms with E-state index in [0.29, 0.717) is 0 Å².